The van der Waals surface area contributed by atoms with E-state index in [-0.39, 0.29) is 11.8 Å². The van der Waals surface area contributed by atoms with Crippen molar-refractivity contribution >= 4 is 44.7 Å². The summed E-state index contributed by atoms with van der Waals surface area (Å²) in [6.07, 6.45) is 0.434. The van der Waals surface area contributed by atoms with Crippen LogP contribution in [0.15, 0.2) is 103 Å². The van der Waals surface area contributed by atoms with Gasteiger partial charge in [-0.3, -0.25) is 4.79 Å². The smallest absolute Gasteiger partial charge is 0.228 e. The van der Waals surface area contributed by atoms with Gasteiger partial charge in [-0.1, -0.05) is 103 Å². The van der Waals surface area contributed by atoms with E-state index in [0.717, 1.165) is 11.3 Å². The SMILES string of the molecule is O=C1CC(c2ccc3ccccc3c2)c2c(ccc3ccccc23)N1Cc1ccccc1Cl. The van der Waals surface area contributed by atoms with Crippen LogP contribution < -0.4 is 4.90 Å². The molecule has 0 saturated heterocycles. The average Bonchev–Trinajstić information content (AvgIpc) is 2.86. The molecule has 1 aliphatic heterocycles. The number of amides is 1. The Morgan fingerprint density at radius 2 is 1.45 bits per heavy atom. The van der Waals surface area contributed by atoms with Crippen LogP contribution in [0.25, 0.3) is 21.5 Å². The molecule has 5 aromatic carbocycles. The molecule has 0 bridgehead atoms. The van der Waals surface area contributed by atoms with E-state index < -0.39 is 0 Å². The van der Waals surface area contributed by atoms with Crippen molar-refractivity contribution in [2.75, 3.05) is 4.90 Å². The van der Waals surface area contributed by atoms with Crippen molar-refractivity contribution in [2.45, 2.75) is 18.9 Å². The second kappa shape index (κ2) is 8.06. The quantitative estimate of drug-likeness (QED) is 0.277. The first kappa shape index (κ1) is 20.0. The van der Waals surface area contributed by atoms with Crippen molar-refractivity contribution in [1.29, 1.82) is 0 Å². The minimum Gasteiger partial charge on any atom is -0.308 e. The van der Waals surface area contributed by atoms with E-state index >= 15 is 0 Å². The Labute approximate surface area is 198 Å². The van der Waals surface area contributed by atoms with Crippen LogP contribution in [0.4, 0.5) is 5.69 Å². The number of anilines is 1. The third kappa shape index (κ3) is 3.48. The summed E-state index contributed by atoms with van der Waals surface area (Å²) in [5.41, 5.74) is 4.32. The Kier molecular flexibility index (Phi) is 4.89. The van der Waals surface area contributed by atoms with Gasteiger partial charge in [0.25, 0.3) is 0 Å². The maximum Gasteiger partial charge on any atom is 0.228 e. The Morgan fingerprint density at radius 1 is 0.758 bits per heavy atom. The first-order valence-electron chi connectivity index (χ1n) is 11.2. The molecule has 1 heterocycles. The number of hydrogen-bond donors (Lipinski definition) is 0. The van der Waals surface area contributed by atoms with E-state index in [2.05, 4.69) is 78.9 Å². The number of hydrogen-bond acceptors (Lipinski definition) is 1. The first-order valence-corrected chi connectivity index (χ1v) is 11.6. The topological polar surface area (TPSA) is 20.3 Å². The van der Waals surface area contributed by atoms with Crippen molar-refractivity contribution < 1.29 is 4.79 Å². The number of halogens is 1. The summed E-state index contributed by atoms with van der Waals surface area (Å²) in [5, 5.41) is 5.48. The van der Waals surface area contributed by atoms with Gasteiger partial charge < -0.3 is 4.90 Å². The molecular formula is C30H22ClNO. The molecule has 160 valence electrons. The van der Waals surface area contributed by atoms with Crippen molar-refractivity contribution in [3.8, 4) is 0 Å². The van der Waals surface area contributed by atoms with E-state index in [4.69, 9.17) is 11.6 Å². The van der Waals surface area contributed by atoms with Crippen LogP contribution in [-0.2, 0) is 11.3 Å². The lowest BCUT2D eigenvalue weighted by molar-refractivity contribution is -0.119. The van der Waals surface area contributed by atoms with Crippen molar-refractivity contribution in [2.24, 2.45) is 0 Å². The van der Waals surface area contributed by atoms with E-state index in [9.17, 15) is 4.79 Å². The molecule has 0 aromatic heterocycles. The molecular weight excluding hydrogens is 426 g/mol. The highest BCUT2D eigenvalue weighted by Crippen LogP contribution is 2.45. The molecule has 0 saturated carbocycles. The Bertz CT molecular complexity index is 1520. The minimum atomic E-state index is 0.00528. The largest absolute Gasteiger partial charge is 0.308 e. The van der Waals surface area contributed by atoms with Crippen molar-refractivity contribution in [3.63, 3.8) is 0 Å². The van der Waals surface area contributed by atoms with Crippen LogP contribution in [-0.4, -0.2) is 5.91 Å². The summed E-state index contributed by atoms with van der Waals surface area (Å²) in [4.78, 5) is 15.4. The van der Waals surface area contributed by atoms with Gasteiger partial charge in [0.1, 0.15) is 0 Å². The third-order valence-electron chi connectivity index (χ3n) is 6.73. The van der Waals surface area contributed by atoms with Crippen molar-refractivity contribution in [1.82, 2.24) is 0 Å². The molecule has 0 N–H and O–H groups in total. The lowest BCUT2D eigenvalue weighted by Gasteiger charge is -2.35. The molecule has 0 radical (unpaired) electrons. The summed E-state index contributed by atoms with van der Waals surface area (Å²) >= 11 is 6.46. The second-order valence-electron chi connectivity index (χ2n) is 8.65. The number of fused-ring (bicyclic) bond motifs is 4. The number of nitrogens with zero attached hydrogens (tertiary/aromatic N) is 1. The number of benzene rings is 5. The molecule has 5 aromatic rings. The van der Waals surface area contributed by atoms with Gasteiger partial charge in [0, 0.05) is 23.0 Å². The summed E-state index contributed by atoms with van der Waals surface area (Å²) < 4.78 is 0. The average molecular weight is 448 g/mol. The highest BCUT2D eigenvalue weighted by molar-refractivity contribution is 6.31. The van der Waals surface area contributed by atoms with Crippen molar-refractivity contribution in [3.05, 3.63) is 125 Å². The predicted octanol–water partition coefficient (Wildman–Crippen LogP) is 7.72. The molecule has 0 aliphatic carbocycles. The minimum absolute atomic E-state index is 0.00528. The lowest BCUT2D eigenvalue weighted by atomic mass is 9.80. The second-order valence-corrected chi connectivity index (χ2v) is 9.06. The molecule has 0 spiro atoms. The normalized spacial score (nSPS) is 15.7. The van der Waals surface area contributed by atoms with Gasteiger partial charge in [-0.25, -0.2) is 0 Å². The van der Waals surface area contributed by atoms with Crippen LogP contribution in [0.5, 0.6) is 0 Å². The highest BCUT2D eigenvalue weighted by Gasteiger charge is 2.34. The van der Waals surface area contributed by atoms with E-state index in [1.807, 2.05) is 29.2 Å². The van der Waals surface area contributed by atoms with Gasteiger partial charge in [0.15, 0.2) is 0 Å². The maximum absolute atomic E-state index is 13.5. The van der Waals surface area contributed by atoms with E-state index in [1.165, 1.54) is 32.7 Å². The fourth-order valence-corrected chi connectivity index (χ4v) is 5.28. The van der Waals surface area contributed by atoms with Gasteiger partial charge in [0.05, 0.1) is 6.54 Å². The zero-order valence-corrected chi connectivity index (χ0v) is 18.8. The van der Waals surface area contributed by atoms with Crippen LogP contribution >= 0.6 is 11.6 Å². The van der Waals surface area contributed by atoms with Crippen LogP contribution in [0.2, 0.25) is 5.02 Å². The molecule has 33 heavy (non-hydrogen) atoms. The number of carbonyl (C=O) groups excluding carboxylic acids is 1. The standard InChI is InChI=1S/C30H22ClNO/c31-27-12-6-4-10-24(27)19-32-28-16-15-21-8-3-5-11-25(21)30(28)26(18-29(32)33)23-14-13-20-7-1-2-9-22(20)17-23/h1-17,26H,18-19H2. The van der Waals surface area contributed by atoms with Gasteiger partial charge in [-0.15, -0.1) is 0 Å². The maximum atomic E-state index is 13.5. The molecule has 1 unspecified atom stereocenters. The molecule has 6 rings (SSSR count). The molecule has 0 fully saturated rings. The molecule has 1 aliphatic rings. The molecule has 1 amide bonds. The third-order valence-corrected chi connectivity index (χ3v) is 7.10. The number of rotatable bonds is 3. The summed E-state index contributed by atoms with van der Waals surface area (Å²) in [5.74, 6) is 0.126. The predicted molar refractivity (Wildman–Crippen MR) is 137 cm³/mol. The zero-order valence-electron chi connectivity index (χ0n) is 18.0. The fourth-order valence-electron chi connectivity index (χ4n) is 5.09. The van der Waals surface area contributed by atoms with Crippen LogP contribution in [0, 0.1) is 0 Å². The Hall–Kier alpha value is -3.62. The summed E-state index contributed by atoms with van der Waals surface area (Å²) in [6, 6.07) is 35.4. The number of carbonyl (C=O) groups is 1. The van der Waals surface area contributed by atoms with Gasteiger partial charge >= 0.3 is 0 Å². The molecule has 2 nitrogen and oxygen atoms in total. The van der Waals surface area contributed by atoms with E-state index in [1.54, 1.807) is 0 Å². The Balaban J connectivity index is 1.54. The Morgan fingerprint density at radius 3 is 2.30 bits per heavy atom. The molecule has 3 heteroatoms. The van der Waals surface area contributed by atoms with Gasteiger partial charge in [-0.05, 0) is 50.4 Å². The lowest BCUT2D eigenvalue weighted by Crippen LogP contribution is -2.36. The molecule has 1 atom stereocenters. The summed E-state index contributed by atoms with van der Waals surface area (Å²) in [7, 11) is 0. The fraction of sp³-hybridized carbons (Fsp3) is 0.100. The highest BCUT2D eigenvalue weighted by atomic mass is 35.5. The zero-order chi connectivity index (χ0) is 22.4. The van der Waals surface area contributed by atoms with Crippen LogP contribution in [0.3, 0.4) is 0 Å². The van der Waals surface area contributed by atoms with Gasteiger partial charge in [0.2, 0.25) is 5.91 Å². The van der Waals surface area contributed by atoms with Crippen LogP contribution in [0.1, 0.15) is 29.0 Å². The summed E-state index contributed by atoms with van der Waals surface area (Å²) in [6.45, 7) is 0.467. The first-order chi connectivity index (χ1) is 16.2. The van der Waals surface area contributed by atoms with Gasteiger partial charge in [-0.2, -0.15) is 0 Å². The monoisotopic (exact) mass is 447 g/mol. The van der Waals surface area contributed by atoms with E-state index in [0.29, 0.717) is 18.0 Å².